The molecule has 0 aliphatic heterocycles. The molecule has 0 atom stereocenters. The normalized spacial score (nSPS) is 11.0. The predicted molar refractivity (Wildman–Crippen MR) is 265 cm³/mol. The van der Waals surface area contributed by atoms with Crippen LogP contribution in [-0.4, -0.2) is 33.1 Å². The first-order valence-electron chi connectivity index (χ1n) is 26.3. The van der Waals surface area contributed by atoms with Crippen molar-refractivity contribution in [3.05, 3.63) is 71.8 Å². The van der Waals surface area contributed by atoms with Crippen molar-refractivity contribution >= 4 is 33.1 Å². The van der Waals surface area contributed by atoms with Crippen molar-refractivity contribution < 1.29 is 19.1 Å². The number of rotatable bonds is 43. The average molecular weight is 952 g/mol. The molecular formula is C56H96O4Sn. The SMILES string of the molecule is CCCCCCCCCCCCCCCCC[CH2][Sn][CH2]CCCCCCCCCCCCCCCCC.O=C(CCCCC(=O)OCc1ccccc1)OCc1ccccc1. The summed E-state index contributed by atoms with van der Waals surface area (Å²) in [5, 5.41) is 0. The monoisotopic (exact) mass is 953 g/mol. The van der Waals surface area contributed by atoms with E-state index in [0.29, 0.717) is 38.9 Å². The van der Waals surface area contributed by atoms with E-state index < -0.39 is 0 Å². The molecule has 348 valence electrons. The number of benzene rings is 2. The van der Waals surface area contributed by atoms with Gasteiger partial charge in [0.1, 0.15) is 13.2 Å². The van der Waals surface area contributed by atoms with E-state index in [2.05, 4.69) is 13.8 Å². The van der Waals surface area contributed by atoms with Crippen molar-refractivity contribution in [1.29, 1.82) is 0 Å². The van der Waals surface area contributed by atoms with Gasteiger partial charge < -0.3 is 9.47 Å². The van der Waals surface area contributed by atoms with Crippen LogP contribution in [-0.2, 0) is 32.3 Å². The van der Waals surface area contributed by atoms with Crippen molar-refractivity contribution in [2.24, 2.45) is 0 Å². The Labute approximate surface area is 388 Å². The van der Waals surface area contributed by atoms with E-state index in [9.17, 15) is 9.59 Å². The van der Waals surface area contributed by atoms with Crippen molar-refractivity contribution in [2.75, 3.05) is 0 Å². The molecule has 2 aromatic rings. The molecule has 2 radical (unpaired) electrons. The number of hydrogen-bond acceptors (Lipinski definition) is 4. The van der Waals surface area contributed by atoms with Gasteiger partial charge in [-0.05, 0) is 24.0 Å². The number of ether oxygens (including phenoxy) is 2. The molecule has 0 saturated heterocycles. The fourth-order valence-electron chi connectivity index (χ4n) is 7.88. The van der Waals surface area contributed by atoms with Gasteiger partial charge in [-0.2, -0.15) is 0 Å². The van der Waals surface area contributed by atoms with E-state index in [0.717, 1.165) is 11.1 Å². The molecule has 0 aromatic heterocycles. The van der Waals surface area contributed by atoms with Crippen LogP contribution in [0.25, 0.3) is 0 Å². The smallest absolute Gasteiger partial charge is 0.461 e. The first-order chi connectivity index (χ1) is 30.2. The standard InChI is InChI=1S/C20H22O4.2C18H37.Sn/c21-19(23-15-17-9-3-1-4-10-17)13-7-8-14-20(22)24-16-18-11-5-2-6-12-18;2*1-3-5-7-9-11-13-15-17-18-16-14-12-10-8-6-4-2;/h1-6,9-12H,7-8,13-16H2;2*1,3-18H2,2H3;. The molecule has 0 aliphatic carbocycles. The number of carbonyl (C=O) groups is 2. The summed E-state index contributed by atoms with van der Waals surface area (Å²) in [6.07, 6.45) is 49.7. The van der Waals surface area contributed by atoms with Crippen molar-refractivity contribution in [2.45, 2.75) is 267 Å². The van der Waals surface area contributed by atoms with E-state index in [1.165, 1.54) is 193 Å². The first kappa shape index (κ1) is 57.2. The Morgan fingerprint density at radius 2 is 0.590 bits per heavy atom. The van der Waals surface area contributed by atoms with Crippen LogP contribution in [0, 0.1) is 0 Å². The fraction of sp³-hybridized carbons (Fsp3) is 0.750. The first-order valence-corrected chi connectivity index (χ1v) is 30.3. The van der Waals surface area contributed by atoms with Crippen LogP contribution in [0.3, 0.4) is 0 Å². The summed E-state index contributed by atoms with van der Waals surface area (Å²) in [4.78, 5) is 23.3. The molecular weight excluding hydrogens is 855 g/mol. The molecule has 5 heteroatoms. The molecule has 61 heavy (non-hydrogen) atoms. The van der Waals surface area contributed by atoms with Gasteiger partial charge in [-0.25, -0.2) is 0 Å². The van der Waals surface area contributed by atoms with Gasteiger partial charge in [0.25, 0.3) is 0 Å². The predicted octanol–water partition coefficient (Wildman–Crippen LogP) is 18.1. The molecule has 0 amide bonds. The summed E-state index contributed by atoms with van der Waals surface area (Å²) in [5.74, 6) is -0.479. The summed E-state index contributed by atoms with van der Waals surface area (Å²) in [7, 11) is 0. The Morgan fingerprint density at radius 1 is 0.344 bits per heavy atom. The molecule has 2 rings (SSSR count). The second-order valence-corrected chi connectivity index (χ2v) is 22.1. The molecule has 0 heterocycles. The molecule has 4 nitrogen and oxygen atoms in total. The fourth-order valence-corrected chi connectivity index (χ4v) is 11.4. The minimum absolute atomic E-state index is 0.00985. The molecule has 0 saturated carbocycles. The van der Waals surface area contributed by atoms with Crippen molar-refractivity contribution in [3.63, 3.8) is 0 Å². The Kier molecular flexibility index (Phi) is 44.7. The van der Waals surface area contributed by atoms with Crippen LogP contribution >= 0.6 is 0 Å². The van der Waals surface area contributed by atoms with Crippen molar-refractivity contribution in [3.8, 4) is 0 Å². The van der Waals surface area contributed by atoms with Crippen LogP contribution in [0.5, 0.6) is 0 Å². The summed E-state index contributed by atoms with van der Waals surface area (Å²) < 4.78 is 13.7. The zero-order valence-electron chi connectivity index (χ0n) is 40.2. The number of carbonyl (C=O) groups excluding carboxylic acids is 2. The Morgan fingerprint density at radius 3 is 0.852 bits per heavy atom. The molecule has 0 unspecified atom stereocenters. The summed E-state index contributed by atoms with van der Waals surface area (Å²) in [6, 6.07) is 19.1. The van der Waals surface area contributed by atoms with E-state index in [1.807, 2.05) is 60.7 Å². The summed E-state index contributed by atoms with van der Waals surface area (Å²) in [6.45, 7) is 5.20. The van der Waals surface area contributed by atoms with E-state index in [1.54, 1.807) is 21.7 Å². The summed E-state index contributed by atoms with van der Waals surface area (Å²) >= 11 is 0.00985. The van der Waals surface area contributed by atoms with Gasteiger partial charge in [0, 0.05) is 12.8 Å². The van der Waals surface area contributed by atoms with Crippen LogP contribution in [0.1, 0.15) is 256 Å². The Balaban J connectivity index is 0.000000664. The van der Waals surface area contributed by atoms with Gasteiger partial charge in [-0.15, -0.1) is 0 Å². The number of hydrogen-bond donors (Lipinski definition) is 0. The minimum Gasteiger partial charge on any atom is -0.461 e. The van der Waals surface area contributed by atoms with Crippen LogP contribution < -0.4 is 0 Å². The molecule has 2 aromatic carbocycles. The second kappa shape index (κ2) is 47.7. The third kappa shape index (κ3) is 43.2. The van der Waals surface area contributed by atoms with Crippen LogP contribution in [0.15, 0.2) is 60.7 Å². The third-order valence-electron chi connectivity index (χ3n) is 11.9. The maximum absolute atomic E-state index is 11.6. The Bertz CT molecular complexity index is 1080. The van der Waals surface area contributed by atoms with Crippen LogP contribution in [0.4, 0.5) is 0 Å². The average Bonchev–Trinajstić information content (AvgIpc) is 3.29. The Hall–Kier alpha value is -1.82. The topological polar surface area (TPSA) is 52.6 Å². The second-order valence-electron chi connectivity index (χ2n) is 17.9. The quantitative estimate of drug-likeness (QED) is 0.0378. The van der Waals surface area contributed by atoms with E-state index in [4.69, 9.17) is 9.47 Å². The van der Waals surface area contributed by atoms with E-state index in [-0.39, 0.29) is 33.1 Å². The molecule has 0 fully saturated rings. The van der Waals surface area contributed by atoms with E-state index >= 15 is 0 Å². The van der Waals surface area contributed by atoms with Gasteiger partial charge in [-0.1, -0.05) is 139 Å². The molecule has 0 bridgehead atoms. The zero-order valence-corrected chi connectivity index (χ0v) is 43.0. The third-order valence-corrected chi connectivity index (χ3v) is 15.9. The van der Waals surface area contributed by atoms with Crippen molar-refractivity contribution in [1.82, 2.24) is 0 Å². The van der Waals surface area contributed by atoms with Gasteiger partial charge in [0.15, 0.2) is 0 Å². The van der Waals surface area contributed by atoms with Crippen LogP contribution in [0.2, 0.25) is 8.87 Å². The minimum atomic E-state index is -0.239. The zero-order chi connectivity index (χ0) is 43.8. The maximum atomic E-state index is 11.6. The van der Waals surface area contributed by atoms with Gasteiger partial charge in [0.05, 0.1) is 0 Å². The number of unbranched alkanes of at least 4 members (excludes halogenated alkanes) is 31. The van der Waals surface area contributed by atoms with Gasteiger partial charge >= 0.3 is 183 Å². The summed E-state index contributed by atoms with van der Waals surface area (Å²) in [5.41, 5.74) is 1.94. The van der Waals surface area contributed by atoms with Gasteiger partial charge in [0.2, 0.25) is 0 Å². The molecule has 0 aliphatic rings. The molecule has 0 N–H and O–H groups in total. The van der Waals surface area contributed by atoms with Gasteiger partial charge in [-0.3, -0.25) is 9.59 Å². The number of esters is 2. The molecule has 0 spiro atoms.